The zero-order chi connectivity index (χ0) is 31.9. The van der Waals surface area contributed by atoms with Crippen LogP contribution in [0.4, 0.5) is 0 Å². The summed E-state index contributed by atoms with van der Waals surface area (Å²) >= 11 is -1.12. The Morgan fingerprint density at radius 3 is 2.00 bits per heavy atom. The van der Waals surface area contributed by atoms with Crippen molar-refractivity contribution in [2.75, 3.05) is 0 Å². The second-order valence-corrected chi connectivity index (χ2v) is 22.3. The fourth-order valence-electron chi connectivity index (χ4n) is 8.90. The van der Waals surface area contributed by atoms with Crippen LogP contribution < -0.4 is 0 Å². The molecule has 3 atom stereocenters. The van der Waals surface area contributed by atoms with Gasteiger partial charge in [-0.2, -0.15) is 0 Å². The van der Waals surface area contributed by atoms with Gasteiger partial charge >= 0.3 is 261 Å². The molecule has 4 aromatic rings. The third-order valence-corrected chi connectivity index (χ3v) is 20.5. The molecule has 3 unspecified atom stereocenters. The SMILES string of the molecule is C1CC[SiH2]C1.CCC[CH2][Hf][C](CCC)(C1C(CC)=Cc2c(-c3ccccc3)cccc21)C1C(CC)=Cc2c1ccc1ccccc21. The first-order chi connectivity index (χ1) is 22.7. The van der Waals surface area contributed by atoms with Gasteiger partial charge in [-0.25, -0.2) is 0 Å². The molecule has 238 valence electrons. The summed E-state index contributed by atoms with van der Waals surface area (Å²) in [7, 11) is 0.543. The molecule has 2 heteroatoms. The van der Waals surface area contributed by atoms with Crippen LogP contribution in [0.5, 0.6) is 0 Å². The van der Waals surface area contributed by atoms with Gasteiger partial charge in [-0.15, -0.1) is 0 Å². The molecule has 0 nitrogen and oxygen atoms in total. The van der Waals surface area contributed by atoms with E-state index in [-0.39, 0.29) is 0 Å². The summed E-state index contributed by atoms with van der Waals surface area (Å²) < 4.78 is 1.84. The van der Waals surface area contributed by atoms with Crippen molar-refractivity contribution in [1.29, 1.82) is 0 Å². The third-order valence-electron chi connectivity index (χ3n) is 11.0. The quantitative estimate of drug-likeness (QED) is 0.105. The molecule has 0 bridgehead atoms. The molecule has 46 heavy (non-hydrogen) atoms. The Labute approximate surface area is 293 Å². The van der Waals surface area contributed by atoms with E-state index in [1.54, 1.807) is 47.2 Å². The van der Waals surface area contributed by atoms with Crippen LogP contribution in [0.1, 0.15) is 113 Å². The first kappa shape index (κ1) is 33.6. The maximum atomic E-state index is 2.63. The van der Waals surface area contributed by atoms with Crippen molar-refractivity contribution in [2.45, 2.75) is 110 Å². The molecule has 1 heterocycles. The second kappa shape index (κ2) is 15.7. The predicted octanol–water partition coefficient (Wildman–Crippen LogP) is 13.0. The Bertz CT molecular complexity index is 1670. The summed E-state index contributed by atoms with van der Waals surface area (Å²) in [6, 6.07) is 35.6. The van der Waals surface area contributed by atoms with E-state index in [4.69, 9.17) is 0 Å². The van der Waals surface area contributed by atoms with Gasteiger partial charge in [0.1, 0.15) is 0 Å². The number of benzene rings is 4. The summed E-state index contributed by atoms with van der Waals surface area (Å²) in [6.07, 6.45) is 16.0. The molecule has 0 N–H and O–H groups in total. The van der Waals surface area contributed by atoms with Crippen LogP contribution in [0.25, 0.3) is 34.1 Å². The molecule has 1 aliphatic heterocycles. The Morgan fingerprint density at radius 1 is 0.674 bits per heavy atom. The molecule has 2 aliphatic carbocycles. The van der Waals surface area contributed by atoms with Crippen LogP contribution in [0.3, 0.4) is 0 Å². The van der Waals surface area contributed by atoms with E-state index < -0.39 is 22.9 Å². The maximum absolute atomic E-state index is 2.63. The predicted molar refractivity (Wildman–Crippen MR) is 203 cm³/mol. The van der Waals surface area contributed by atoms with Crippen LogP contribution in [0, 0.1) is 0 Å². The third kappa shape index (κ3) is 6.55. The number of unbranched alkanes of at least 4 members (excludes halogenated alkanes) is 1. The van der Waals surface area contributed by atoms with Crippen LogP contribution in [0.2, 0.25) is 19.4 Å². The summed E-state index contributed by atoms with van der Waals surface area (Å²) in [5.74, 6) is 1.07. The molecule has 0 amide bonds. The molecule has 3 aliphatic rings. The van der Waals surface area contributed by atoms with Crippen LogP contribution in [-0.4, -0.2) is 9.52 Å². The average Bonchev–Trinajstić information content (AvgIpc) is 3.88. The van der Waals surface area contributed by atoms with Crippen molar-refractivity contribution < 1.29 is 22.9 Å². The average molecular weight is 789 g/mol. The summed E-state index contributed by atoms with van der Waals surface area (Å²) in [6.45, 7) is 9.66. The van der Waals surface area contributed by atoms with E-state index in [0.717, 1.165) is 12.8 Å². The molecule has 4 aromatic carbocycles. The Balaban J connectivity index is 0.000000679. The number of hydrogen-bond acceptors (Lipinski definition) is 0. The van der Waals surface area contributed by atoms with Gasteiger partial charge in [-0.1, -0.05) is 24.9 Å². The van der Waals surface area contributed by atoms with Crippen LogP contribution >= 0.6 is 0 Å². The Morgan fingerprint density at radius 2 is 1.35 bits per heavy atom. The molecule has 7 rings (SSSR count). The number of rotatable bonds is 11. The molecule has 0 aromatic heterocycles. The first-order valence-electron chi connectivity index (χ1n) is 18.5. The second-order valence-electron chi connectivity index (χ2n) is 13.8. The minimum absolute atomic E-state index is 0.349. The Hall–Kier alpha value is -2.29. The normalized spacial score (nSPS) is 19.5. The molecule has 0 spiro atoms. The minimum atomic E-state index is -1.12. The number of allylic oxidation sites excluding steroid dienone is 2. The molecular weight excluding hydrogens is 735 g/mol. The summed E-state index contributed by atoms with van der Waals surface area (Å²) in [5.41, 5.74) is 12.4. The standard InChI is InChI=1S/C36H35.C4H10Si.C4H9.Hf/c1-4-13-32(36-25(6-3)23-34-28-17-11-10-16-27(28)20-21-31(34)36)35-24(5-2)22-33-29(18-12-19-30(33)35)26-14-8-7-9-15-26;1-2-4-5-3-1;1-3-4-2;/h7-12,14-23,35-36H,4-6,13H2,1-3H3;1-5H2;1,3-4H2,2H3;. The molecule has 1 saturated heterocycles. The van der Waals surface area contributed by atoms with Crippen molar-refractivity contribution in [3.63, 3.8) is 0 Å². The van der Waals surface area contributed by atoms with Gasteiger partial charge < -0.3 is 0 Å². The zero-order valence-electron chi connectivity index (χ0n) is 28.9. The molecular formula is C44H54HfSi. The van der Waals surface area contributed by atoms with Crippen molar-refractivity contribution in [2.24, 2.45) is 0 Å². The molecule has 1 fully saturated rings. The number of hydrogen-bond donors (Lipinski definition) is 0. The first-order valence-corrected chi connectivity index (χ1v) is 24.9. The van der Waals surface area contributed by atoms with E-state index in [1.165, 1.54) is 62.9 Å². The topological polar surface area (TPSA) is 0 Å². The van der Waals surface area contributed by atoms with E-state index in [0.29, 0.717) is 24.5 Å². The van der Waals surface area contributed by atoms with Crippen molar-refractivity contribution >= 4 is 32.4 Å². The van der Waals surface area contributed by atoms with Gasteiger partial charge in [0.25, 0.3) is 0 Å². The zero-order valence-corrected chi connectivity index (χ0v) is 33.9. The van der Waals surface area contributed by atoms with Gasteiger partial charge in [0.15, 0.2) is 0 Å². The van der Waals surface area contributed by atoms with E-state index in [9.17, 15) is 0 Å². The van der Waals surface area contributed by atoms with Gasteiger partial charge in [-0.05, 0) is 0 Å². The van der Waals surface area contributed by atoms with Crippen molar-refractivity contribution in [3.05, 3.63) is 118 Å². The summed E-state index contributed by atoms with van der Waals surface area (Å²) in [4.78, 5) is 0. The number of fused-ring (bicyclic) bond motifs is 4. The van der Waals surface area contributed by atoms with Crippen molar-refractivity contribution in [1.82, 2.24) is 0 Å². The molecule has 0 saturated carbocycles. The van der Waals surface area contributed by atoms with E-state index in [2.05, 4.69) is 125 Å². The summed E-state index contributed by atoms with van der Waals surface area (Å²) in [5, 5.41) is 2.82. The van der Waals surface area contributed by atoms with Crippen LogP contribution in [0.15, 0.2) is 96.1 Å². The van der Waals surface area contributed by atoms with E-state index in [1.807, 2.05) is 0 Å². The fourth-order valence-corrected chi connectivity index (χ4v) is 19.7. The van der Waals surface area contributed by atoms with Crippen LogP contribution in [-0.2, 0) is 22.9 Å². The fraction of sp³-hybridized carbons (Fsp3) is 0.409. The van der Waals surface area contributed by atoms with Gasteiger partial charge in [0.05, 0.1) is 0 Å². The van der Waals surface area contributed by atoms with Crippen molar-refractivity contribution in [3.8, 4) is 11.1 Å². The Kier molecular flexibility index (Phi) is 11.5. The van der Waals surface area contributed by atoms with Gasteiger partial charge in [-0.3, -0.25) is 0 Å². The van der Waals surface area contributed by atoms with Gasteiger partial charge in [0, 0.05) is 9.52 Å². The molecule has 0 radical (unpaired) electrons. The van der Waals surface area contributed by atoms with Gasteiger partial charge in [0.2, 0.25) is 0 Å². The monoisotopic (exact) mass is 790 g/mol. The van der Waals surface area contributed by atoms with E-state index >= 15 is 0 Å².